The second-order valence-electron chi connectivity index (χ2n) is 5.50. The van der Waals surface area contributed by atoms with Gasteiger partial charge in [-0.1, -0.05) is 15.9 Å². The van der Waals surface area contributed by atoms with E-state index in [4.69, 9.17) is 16.5 Å². The Balaban J connectivity index is 2.03. The van der Waals surface area contributed by atoms with Gasteiger partial charge in [0.2, 0.25) is 0 Å². The third-order valence-electron chi connectivity index (χ3n) is 3.85. The first-order chi connectivity index (χ1) is 11.1. The fraction of sp³-hybridized carbons (Fsp3) is 0.235. The number of nitrogen functional groups attached to an aromatic ring is 1. The lowest BCUT2D eigenvalue weighted by molar-refractivity contribution is 0.874. The highest BCUT2D eigenvalue weighted by Gasteiger charge is 2.13. The number of nitrogens with two attached hydrogens (primary N) is 2. The van der Waals surface area contributed by atoms with Gasteiger partial charge in [-0.3, -0.25) is 0 Å². The van der Waals surface area contributed by atoms with Gasteiger partial charge in [0.05, 0.1) is 11.0 Å². The highest BCUT2D eigenvalue weighted by molar-refractivity contribution is 9.10. The molecule has 0 radical (unpaired) electrons. The molecule has 6 heteroatoms. The molecule has 0 atom stereocenters. The first-order valence-electron chi connectivity index (χ1n) is 7.56. The highest BCUT2D eigenvalue weighted by Crippen LogP contribution is 2.31. The lowest BCUT2D eigenvalue weighted by Gasteiger charge is -2.10. The van der Waals surface area contributed by atoms with Crippen LogP contribution in [0.3, 0.4) is 0 Å². The maximum absolute atomic E-state index is 6.19. The maximum atomic E-state index is 6.19. The Morgan fingerprint density at radius 2 is 2.04 bits per heavy atom. The summed E-state index contributed by atoms with van der Waals surface area (Å²) >= 11 is 3.49. The normalized spacial score (nSPS) is 11.1. The van der Waals surface area contributed by atoms with Gasteiger partial charge in [0.15, 0.2) is 0 Å². The van der Waals surface area contributed by atoms with Crippen LogP contribution >= 0.6 is 15.9 Å². The van der Waals surface area contributed by atoms with E-state index < -0.39 is 0 Å². The molecule has 0 fully saturated rings. The van der Waals surface area contributed by atoms with Crippen molar-refractivity contribution < 1.29 is 0 Å². The summed E-state index contributed by atoms with van der Waals surface area (Å²) in [7, 11) is 2.01. The van der Waals surface area contributed by atoms with E-state index in [-0.39, 0.29) is 0 Å². The summed E-state index contributed by atoms with van der Waals surface area (Å²) in [5, 5.41) is 3.37. The summed E-state index contributed by atoms with van der Waals surface area (Å²) in [5.41, 5.74) is 16.4. The van der Waals surface area contributed by atoms with Gasteiger partial charge in [-0.15, -0.1) is 0 Å². The first kappa shape index (κ1) is 15.8. The SMILES string of the molecule is Cn1c(-c2cc(NCCCN)ccc2N)nc2cc(Br)ccc21. The molecule has 0 aliphatic rings. The molecule has 5 nitrogen and oxygen atoms in total. The zero-order valence-corrected chi connectivity index (χ0v) is 14.6. The predicted octanol–water partition coefficient (Wildman–Crippen LogP) is 3.35. The van der Waals surface area contributed by atoms with E-state index in [0.717, 1.165) is 45.5 Å². The number of hydrogen-bond donors (Lipinski definition) is 3. The third kappa shape index (κ3) is 3.18. The highest BCUT2D eigenvalue weighted by atomic mass is 79.9. The summed E-state index contributed by atoms with van der Waals surface area (Å²) in [6.07, 6.45) is 0.931. The van der Waals surface area contributed by atoms with Crippen LogP contribution < -0.4 is 16.8 Å². The van der Waals surface area contributed by atoms with Gasteiger partial charge in [-0.05, 0) is 49.4 Å². The number of hydrogen-bond acceptors (Lipinski definition) is 4. The maximum Gasteiger partial charge on any atom is 0.143 e. The molecule has 0 amide bonds. The van der Waals surface area contributed by atoms with E-state index in [1.807, 2.05) is 37.4 Å². The van der Waals surface area contributed by atoms with Crippen LogP contribution in [0, 0.1) is 0 Å². The second kappa shape index (κ2) is 6.60. The molecular weight excluding hydrogens is 354 g/mol. The van der Waals surface area contributed by atoms with Crippen LogP contribution in [0.2, 0.25) is 0 Å². The van der Waals surface area contributed by atoms with Crippen molar-refractivity contribution in [1.29, 1.82) is 0 Å². The van der Waals surface area contributed by atoms with Crippen LogP contribution in [-0.4, -0.2) is 22.6 Å². The van der Waals surface area contributed by atoms with E-state index in [1.54, 1.807) is 0 Å². The number of aryl methyl sites for hydroxylation is 1. The smallest absolute Gasteiger partial charge is 0.143 e. The first-order valence-corrected chi connectivity index (χ1v) is 8.35. The summed E-state index contributed by atoms with van der Waals surface area (Å²) in [6, 6.07) is 12.0. The molecule has 0 saturated heterocycles. The number of nitrogens with zero attached hydrogens (tertiary/aromatic N) is 2. The molecule has 120 valence electrons. The molecule has 0 spiro atoms. The van der Waals surface area contributed by atoms with E-state index in [9.17, 15) is 0 Å². The van der Waals surface area contributed by atoms with Gasteiger partial charge >= 0.3 is 0 Å². The monoisotopic (exact) mass is 373 g/mol. The van der Waals surface area contributed by atoms with Crippen molar-refractivity contribution in [2.45, 2.75) is 6.42 Å². The van der Waals surface area contributed by atoms with E-state index in [2.05, 4.69) is 31.9 Å². The van der Waals surface area contributed by atoms with E-state index in [0.29, 0.717) is 12.2 Å². The van der Waals surface area contributed by atoms with Crippen molar-refractivity contribution in [1.82, 2.24) is 9.55 Å². The van der Waals surface area contributed by atoms with Gasteiger partial charge in [0.1, 0.15) is 5.82 Å². The van der Waals surface area contributed by atoms with Crippen LogP contribution in [0.1, 0.15) is 6.42 Å². The van der Waals surface area contributed by atoms with E-state index in [1.165, 1.54) is 0 Å². The predicted molar refractivity (Wildman–Crippen MR) is 100 cm³/mol. The average molecular weight is 374 g/mol. The lowest BCUT2D eigenvalue weighted by Crippen LogP contribution is -2.08. The number of nitrogens with one attached hydrogen (secondary N) is 1. The van der Waals surface area contributed by atoms with Crippen molar-refractivity contribution in [3.63, 3.8) is 0 Å². The van der Waals surface area contributed by atoms with Crippen LogP contribution in [0.5, 0.6) is 0 Å². The Morgan fingerprint density at radius 1 is 1.22 bits per heavy atom. The van der Waals surface area contributed by atoms with Gasteiger partial charge in [0, 0.05) is 35.0 Å². The molecule has 1 aromatic heterocycles. The molecule has 0 aliphatic heterocycles. The standard InChI is InChI=1S/C17H20BrN5/c1-23-16-6-3-11(18)9-15(16)22-17(23)13-10-12(4-5-14(13)20)21-8-2-7-19/h3-6,9-10,21H,2,7-8,19-20H2,1H3. The molecule has 3 rings (SSSR count). The number of rotatable bonds is 5. The van der Waals surface area contributed by atoms with Gasteiger partial charge in [0.25, 0.3) is 0 Å². The second-order valence-corrected chi connectivity index (χ2v) is 6.41. The quantitative estimate of drug-likeness (QED) is 0.473. The lowest BCUT2D eigenvalue weighted by atomic mass is 10.1. The fourth-order valence-electron chi connectivity index (χ4n) is 2.61. The summed E-state index contributed by atoms with van der Waals surface area (Å²) in [4.78, 5) is 4.75. The van der Waals surface area contributed by atoms with Gasteiger partial charge < -0.3 is 21.4 Å². The van der Waals surface area contributed by atoms with Crippen molar-refractivity contribution in [3.05, 3.63) is 40.9 Å². The number of anilines is 2. The van der Waals surface area contributed by atoms with Crippen molar-refractivity contribution in [3.8, 4) is 11.4 Å². The Morgan fingerprint density at radius 3 is 2.83 bits per heavy atom. The number of imidazole rings is 1. The number of fused-ring (bicyclic) bond motifs is 1. The summed E-state index contributed by atoms with van der Waals surface area (Å²) in [5.74, 6) is 0.859. The summed E-state index contributed by atoms with van der Waals surface area (Å²) in [6.45, 7) is 1.52. The van der Waals surface area contributed by atoms with Crippen molar-refractivity contribution in [2.75, 3.05) is 24.1 Å². The van der Waals surface area contributed by atoms with Crippen LogP contribution in [0.15, 0.2) is 40.9 Å². The molecule has 5 N–H and O–H groups in total. The van der Waals surface area contributed by atoms with Crippen LogP contribution in [0.25, 0.3) is 22.4 Å². The van der Waals surface area contributed by atoms with Gasteiger partial charge in [-0.25, -0.2) is 4.98 Å². The molecule has 0 bridgehead atoms. The number of benzene rings is 2. The molecule has 0 saturated carbocycles. The number of halogens is 1. The third-order valence-corrected chi connectivity index (χ3v) is 4.34. The molecule has 0 unspecified atom stereocenters. The summed E-state index contributed by atoms with van der Waals surface area (Å²) < 4.78 is 3.08. The zero-order valence-electron chi connectivity index (χ0n) is 13.0. The average Bonchev–Trinajstić information content (AvgIpc) is 2.85. The van der Waals surface area contributed by atoms with E-state index >= 15 is 0 Å². The van der Waals surface area contributed by atoms with Crippen LogP contribution in [-0.2, 0) is 7.05 Å². The fourth-order valence-corrected chi connectivity index (χ4v) is 2.96. The zero-order chi connectivity index (χ0) is 16.4. The van der Waals surface area contributed by atoms with Gasteiger partial charge in [-0.2, -0.15) is 0 Å². The number of aromatic nitrogens is 2. The molecule has 1 heterocycles. The topological polar surface area (TPSA) is 81.9 Å². The minimum atomic E-state index is 0.675. The molecule has 0 aliphatic carbocycles. The Hall–Kier alpha value is -2.05. The molecular formula is C17H20BrN5. The van der Waals surface area contributed by atoms with Crippen molar-refractivity contribution in [2.24, 2.45) is 12.8 Å². The Kier molecular flexibility index (Phi) is 4.54. The Labute approximate surface area is 143 Å². The Bertz CT molecular complexity index is 840. The largest absolute Gasteiger partial charge is 0.398 e. The molecule has 2 aromatic carbocycles. The molecule has 3 aromatic rings. The van der Waals surface area contributed by atoms with Crippen LogP contribution in [0.4, 0.5) is 11.4 Å². The van der Waals surface area contributed by atoms with Crippen molar-refractivity contribution >= 4 is 38.3 Å². The molecule has 23 heavy (non-hydrogen) atoms. The minimum absolute atomic E-state index is 0.675. The minimum Gasteiger partial charge on any atom is -0.398 e.